The number of ether oxygens (including phenoxy) is 4. The van der Waals surface area contributed by atoms with Crippen molar-refractivity contribution in [2.24, 2.45) is 15.7 Å². The number of hydrogen-bond donors (Lipinski definition) is 2. The van der Waals surface area contributed by atoms with Gasteiger partial charge >= 0.3 is 5.97 Å². The lowest BCUT2D eigenvalue weighted by molar-refractivity contribution is 0.0695. The van der Waals surface area contributed by atoms with E-state index in [9.17, 15) is 19.5 Å². The van der Waals surface area contributed by atoms with E-state index in [-0.39, 0.29) is 29.5 Å². The molecule has 0 saturated heterocycles. The Hall–Kier alpha value is -6.73. The van der Waals surface area contributed by atoms with Crippen LogP contribution in [-0.2, 0) is 6.54 Å². The zero-order chi connectivity index (χ0) is 40.3. The number of rotatable bonds is 14. The Kier molecular flexibility index (Phi) is 10.8. The second-order valence-electron chi connectivity index (χ2n) is 14.4. The maximum Gasteiger partial charge on any atom is 0.335 e. The molecule has 2 atom stereocenters. The number of fused-ring (bicyclic) bond motifs is 4. The van der Waals surface area contributed by atoms with Crippen molar-refractivity contribution in [1.82, 2.24) is 9.80 Å². The highest BCUT2D eigenvalue weighted by Crippen LogP contribution is 2.42. The minimum atomic E-state index is -0.988. The van der Waals surface area contributed by atoms with Crippen molar-refractivity contribution >= 4 is 52.7 Å². The number of methoxy groups -OCH3 is 2. The van der Waals surface area contributed by atoms with E-state index in [0.717, 1.165) is 47.1 Å². The third-order valence-corrected chi connectivity index (χ3v) is 10.8. The van der Waals surface area contributed by atoms with Crippen molar-refractivity contribution in [3.05, 3.63) is 119 Å². The molecular weight excluding hydrogens is 739 g/mol. The summed E-state index contributed by atoms with van der Waals surface area (Å²) in [5.41, 5.74) is 12.8. The van der Waals surface area contributed by atoms with Gasteiger partial charge < -0.3 is 39.6 Å². The maximum absolute atomic E-state index is 13.7. The number of carboxylic acids is 1. The molecule has 3 N–H and O–H groups in total. The van der Waals surface area contributed by atoms with Crippen LogP contribution in [0.3, 0.4) is 0 Å². The van der Waals surface area contributed by atoms with Crippen LogP contribution in [0.4, 0.5) is 11.4 Å². The van der Waals surface area contributed by atoms with E-state index in [2.05, 4.69) is 4.99 Å². The van der Waals surface area contributed by atoms with Crippen LogP contribution >= 0.6 is 0 Å². The van der Waals surface area contributed by atoms with Crippen LogP contribution in [0.15, 0.2) is 95.2 Å². The van der Waals surface area contributed by atoms with Gasteiger partial charge in [0.15, 0.2) is 23.0 Å². The van der Waals surface area contributed by atoms with Gasteiger partial charge in [-0.2, -0.15) is 0 Å². The van der Waals surface area contributed by atoms with Gasteiger partial charge in [0.25, 0.3) is 11.8 Å². The lowest BCUT2D eigenvalue weighted by atomic mass is 10.0. The van der Waals surface area contributed by atoms with Gasteiger partial charge in [0.1, 0.15) is 0 Å². The smallest absolute Gasteiger partial charge is 0.335 e. The monoisotopic (exact) mass is 781 g/mol. The Labute approximate surface area is 335 Å². The van der Waals surface area contributed by atoms with E-state index in [1.54, 1.807) is 71.7 Å². The van der Waals surface area contributed by atoms with E-state index in [1.165, 1.54) is 7.11 Å². The van der Waals surface area contributed by atoms with E-state index in [4.69, 9.17) is 29.7 Å². The van der Waals surface area contributed by atoms with Gasteiger partial charge in [0, 0.05) is 56.3 Å². The molecule has 4 aliphatic heterocycles. The second kappa shape index (κ2) is 16.4. The molecule has 13 heteroatoms. The first-order valence-corrected chi connectivity index (χ1v) is 19.2. The molecule has 296 valence electrons. The Morgan fingerprint density at radius 1 is 0.690 bits per heavy atom. The third-order valence-electron chi connectivity index (χ3n) is 10.8. The molecule has 2 unspecified atom stereocenters. The number of carbonyl (C=O) groups excluding carboxylic acids is 2. The number of aliphatic imine (C=N–C) groups is 2. The molecule has 4 aliphatic rings. The highest BCUT2D eigenvalue weighted by molar-refractivity contribution is 6.06. The number of amides is 2. The van der Waals surface area contributed by atoms with Gasteiger partial charge in [-0.25, -0.2) is 4.79 Å². The summed E-state index contributed by atoms with van der Waals surface area (Å²) in [6.45, 7) is 1.32. The molecule has 0 saturated carbocycles. The Morgan fingerprint density at radius 3 is 1.59 bits per heavy atom. The van der Waals surface area contributed by atoms with Crippen LogP contribution in [0.1, 0.15) is 79.9 Å². The molecule has 0 aliphatic carbocycles. The summed E-state index contributed by atoms with van der Waals surface area (Å²) in [5.74, 6) is 0.576. The molecule has 58 heavy (non-hydrogen) atoms. The van der Waals surface area contributed by atoms with Crippen molar-refractivity contribution in [2.45, 2.75) is 50.7 Å². The Balaban J connectivity index is 0.846. The molecule has 13 nitrogen and oxygen atoms in total. The molecule has 0 bridgehead atoms. The summed E-state index contributed by atoms with van der Waals surface area (Å²) in [5, 5.41) is 9.24. The Bertz CT molecular complexity index is 2390. The van der Waals surface area contributed by atoms with E-state index in [1.807, 2.05) is 42.9 Å². The highest BCUT2D eigenvalue weighted by Gasteiger charge is 2.35. The number of unbranched alkanes of at least 4 members (excludes halogenated alkanes) is 2. The van der Waals surface area contributed by atoms with Gasteiger partial charge in [-0.15, -0.1) is 0 Å². The van der Waals surface area contributed by atoms with E-state index >= 15 is 0 Å². The second-order valence-corrected chi connectivity index (χ2v) is 14.4. The van der Waals surface area contributed by atoms with Crippen LogP contribution in [0.5, 0.6) is 23.0 Å². The topological polar surface area (TPSA) is 166 Å². The van der Waals surface area contributed by atoms with Crippen molar-refractivity contribution < 1.29 is 38.4 Å². The summed E-state index contributed by atoms with van der Waals surface area (Å²) >= 11 is 0. The van der Waals surface area contributed by atoms with Crippen LogP contribution in [0, 0.1) is 0 Å². The fourth-order valence-corrected chi connectivity index (χ4v) is 7.57. The molecule has 0 fully saturated rings. The first-order chi connectivity index (χ1) is 28.2. The number of benzene rings is 4. The molecule has 8 rings (SSSR count). The first kappa shape index (κ1) is 38.2. The average molecular weight is 782 g/mol. The van der Waals surface area contributed by atoms with E-state index in [0.29, 0.717) is 78.1 Å². The fraction of sp³-hybridized carbons (Fsp3) is 0.267. The van der Waals surface area contributed by atoms with Crippen LogP contribution in [-0.4, -0.2) is 84.6 Å². The van der Waals surface area contributed by atoms with Crippen molar-refractivity contribution in [2.75, 3.05) is 27.4 Å². The van der Waals surface area contributed by atoms with Gasteiger partial charge in [0.05, 0.1) is 67.6 Å². The minimum Gasteiger partial charge on any atom is -0.493 e. The van der Waals surface area contributed by atoms with Crippen LogP contribution < -0.4 is 24.7 Å². The summed E-state index contributed by atoms with van der Waals surface area (Å²) in [7, 11) is 3.09. The number of carboxylic acid groups (broad SMARTS) is 1. The number of nitrogens with zero attached hydrogens (tertiary/aromatic N) is 4. The zero-order valence-corrected chi connectivity index (χ0v) is 32.2. The van der Waals surface area contributed by atoms with Crippen molar-refractivity contribution in [3.8, 4) is 23.0 Å². The summed E-state index contributed by atoms with van der Waals surface area (Å²) in [4.78, 5) is 51.5. The normalized spacial score (nSPS) is 17.7. The Morgan fingerprint density at radius 2 is 1.16 bits per heavy atom. The zero-order valence-electron chi connectivity index (χ0n) is 32.2. The largest absolute Gasteiger partial charge is 0.493 e. The van der Waals surface area contributed by atoms with E-state index < -0.39 is 5.97 Å². The maximum atomic E-state index is 13.7. The highest BCUT2D eigenvalue weighted by atomic mass is 16.5. The van der Waals surface area contributed by atoms with Crippen LogP contribution in [0.25, 0.3) is 11.1 Å². The van der Waals surface area contributed by atoms with Crippen molar-refractivity contribution in [1.29, 1.82) is 0 Å². The molecule has 0 radical (unpaired) electrons. The summed E-state index contributed by atoms with van der Waals surface area (Å²) in [6, 6.07) is 21.1. The number of aromatic carboxylic acids is 1. The molecule has 4 aromatic rings. The SMILES string of the molecule is COc1cc2c(cc1OCCCCCOc1cc3c(cc1OC)C(=O)N1C=C(c4ccc(C(=O)O)cc4)CC1C=N3)N=CC1CC(c3ccc(CN)cc3)=CN1C2=O. The lowest BCUT2D eigenvalue weighted by Gasteiger charge is -2.19. The predicted molar refractivity (Wildman–Crippen MR) is 220 cm³/mol. The molecule has 4 heterocycles. The summed E-state index contributed by atoms with van der Waals surface area (Å²) < 4.78 is 23.5. The number of hydrogen-bond acceptors (Lipinski definition) is 10. The van der Waals surface area contributed by atoms with Crippen molar-refractivity contribution in [3.63, 3.8) is 0 Å². The lowest BCUT2D eigenvalue weighted by Crippen LogP contribution is -2.32. The predicted octanol–water partition coefficient (Wildman–Crippen LogP) is 7.43. The van der Waals surface area contributed by atoms with Gasteiger partial charge in [-0.1, -0.05) is 36.4 Å². The quantitative estimate of drug-likeness (QED) is 0.124. The van der Waals surface area contributed by atoms with Gasteiger partial charge in [0.2, 0.25) is 0 Å². The third kappa shape index (κ3) is 7.55. The standard InChI is InChI=1S/C45H43N5O8/c1-55-39-18-35-37(47-23-33-16-31(25-49(33)43(35)51)28-8-6-27(22-46)7-9-28)20-41(39)57-14-4-3-5-15-58-42-21-38-36(19-40(42)56-2)44(52)50-26-32(17-34(50)24-48-38)29-10-12-30(13-11-29)45(53)54/h6-13,18-21,23-26,33-34H,3-5,14-17,22,46H2,1-2H3,(H,53,54). The fourth-order valence-electron chi connectivity index (χ4n) is 7.57. The molecule has 2 amide bonds. The minimum absolute atomic E-state index is 0.143. The first-order valence-electron chi connectivity index (χ1n) is 19.2. The van der Waals surface area contributed by atoms with Gasteiger partial charge in [-0.05, 0) is 71.4 Å². The van der Waals surface area contributed by atoms with Gasteiger partial charge in [-0.3, -0.25) is 19.6 Å². The molecular formula is C45H43N5O8. The molecule has 4 aromatic carbocycles. The molecule has 0 aromatic heterocycles. The average Bonchev–Trinajstić information content (AvgIpc) is 3.83. The number of carbonyl (C=O) groups is 3. The molecule has 0 spiro atoms. The van der Waals surface area contributed by atoms with Crippen LogP contribution in [0.2, 0.25) is 0 Å². The number of nitrogens with two attached hydrogens (primary N) is 1. The summed E-state index contributed by atoms with van der Waals surface area (Å²) in [6.07, 6.45) is 10.8.